The molecule has 1 amide bonds. The molecule has 0 aliphatic rings. The summed E-state index contributed by atoms with van der Waals surface area (Å²) in [5.74, 6) is -0.764. The first-order valence-corrected chi connectivity index (χ1v) is 6.16. The van der Waals surface area contributed by atoms with E-state index in [2.05, 4.69) is 21.2 Å². The molecule has 19 heavy (non-hydrogen) atoms. The highest BCUT2D eigenvalue weighted by Crippen LogP contribution is 2.18. The van der Waals surface area contributed by atoms with Crippen LogP contribution in [0.5, 0.6) is 0 Å². The molecule has 3 nitrogen and oxygen atoms in total. The molecule has 1 N–H and O–H groups in total. The third-order valence-electron chi connectivity index (χ3n) is 2.45. The zero-order valence-electron chi connectivity index (χ0n) is 9.65. The fourth-order valence-electron chi connectivity index (χ4n) is 1.47. The Morgan fingerprint density at radius 1 is 1.21 bits per heavy atom. The van der Waals surface area contributed by atoms with Crippen LogP contribution in [0.1, 0.15) is 15.9 Å². The molecule has 0 heterocycles. The minimum atomic E-state index is -0.421. The first kappa shape index (κ1) is 13.2. The monoisotopic (exact) mass is 318 g/mol. The molecule has 0 atom stereocenters. The maximum Gasteiger partial charge on any atom is 0.255 e. The van der Waals surface area contributed by atoms with Gasteiger partial charge in [0.15, 0.2) is 0 Å². The Morgan fingerprint density at radius 2 is 1.89 bits per heavy atom. The number of hydrogen-bond acceptors (Lipinski definition) is 2. The van der Waals surface area contributed by atoms with Crippen LogP contribution in [0, 0.1) is 17.1 Å². The highest BCUT2D eigenvalue weighted by molar-refractivity contribution is 9.10. The van der Waals surface area contributed by atoms with Gasteiger partial charge in [0.05, 0.1) is 16.1 Å². The molecule has 94 valence electrons. The molecule has 0 aliphatic heterocycles. The number of nitrogens with one attached hydrogen (secondary N) is 1. The van der Waals surface area contributed by atoms with E-state index in [1.54, 1.807) is 24.3 Å². The van der Waals surface area contributed by atoms with Crippen LogP contribution in [-0.4, -0.2) is 5.91 Å². The number of amides is 1. The summed E-state index contributed by atoms with van der Waals surface area (Å²) in [6.45, 7) is 0. The van der Waals surface area contributed by atoms with Crippen molar-refractivity contribution in [2.24, 2.45) is 0 Å². The second-order valence-electron chi connectivity index (χ2n) is 3.77. The molecule has 2 aromatic carbocycles. The van der Waals surface area contributed by atoms with Crippen molar-refractivity contribution < 1.29 is 9.18 Å². The van der Waals surface area contributed by atoms with Gasteiger partial charge in [-0.15, -0.1) is 0 Å². The second-order valence-corrected chi connectivity index (χ2v) is 4.63. The van der Waals surface area contributed by atoms with E-state index in [9.17, 15) is 9.18 Å². The fourth-order valence-corrected chi connectivity index (χ4v) is 1.85. The van der Waals surface area contributed by atoms with E-state index in [4.69, 9.17) is 5.26 Å². The maximum absolute atomic E-state index is 13.1. The zero-order valence-corrected chi connectivity index (χ0v) is 11.2. The summed E-state index contributed by atoms with van der Waals surface area (Å²) in [5, 5.41) is 11.3. The van der Waals surface area contributed by atoms with Gasteiger partial charge >= 0.3 is 0 Å². The summed E-state index contributed by atoms with van der Waals surface area (Å²) >= 11 is 3.03. The number of nitriles is 1. The quantitative estimate of drug-likeness (QED) is 0.917. The predicted octanol–water partition coefficient (Wildman–Crippen LogP) is 3.71. The minimum Gasteiger partial charge on any atom is -0.322 e. The number of carbonyl (C=O) groups is 1. The van der Waals surface area contributed by atoms with Gasteiger partial charge in [-0.2, -0.15) is 5.26 Å². The summed E-state index contributed by atoms with van der Waals surface area (Å²) in [7, 11) is 0. The Bertz CT molecular complexity index is 662. The average molecular weight is 319 g/mol. The Balaban J connectivity index is 2.16. The largest absolute Gasteiger partial charge is 0.322 e. The fraction of sp³-hybridized carbons (Fsp3) is 0. The lowest BCUT2D eigenvalue weighted by Crippen LogP contribution is -2.11. The van der Waals surface area contributed by atoms with E-state index in [0.717, 1.165) is 0 Å². The van der Waals surface area contributed by atoms with Crippen molar-refractivity contribution in [2.75, 3.05) is 5.32 Å². The summed E-state index contributed by atoms with van der Waals surface area (Å²) < 4.78 is 13.3. The molecule has 0 aliphatic carbocycles. The highest BCUT2D eigenvalue weighted by atomic mass is 79.9. The number of nitrogens with zero attached hydrogens (tertiary/aromatic N) is 1. The van der Waals surface area contributed by atoms with Crippen LogP contribution in [-0.2, 0) is 0 Å². The molecular formula is C14H8BrFN2O. The van der Waals surface area contributed by atoms with Gasteiger partial charge < -0.3 is 5.32 Å². The van der Waals surface area contributed by atoms with Crippen LogP contribution in [0.2, 0.25) is 0 Å². The Morgan fingerprint density at radius 3 is 2.47 bits per heavy atom. The SMILES string of the molecule is N#Cc1ccc(NC(=O)c2ccc(F)c(Br)c2)cc1. The third kappa shape index (κ3) is 3.18. The molecule has 2 aromatic rings. The number of halogens is 2. The molecule has 0 saturated carbocycles. The van der Waals surface area contributed by atoms with Crippen LogP contribution in [0.25, 0.3) is 0 Å². The number of carbonyl (C=O) groups excluding carboxylic acids is 1. The zero-order chi connectivity index (χ0) is 13.8. The lowest BCUT2D eigenvalue weighted by atomic mass is 10.2. The van der Waals surface area contributed by atoms with Crippen LogP contribution >= 0.6 is 15.9 Å². The van der Waals surface area contributed by atoms with Crippen molar-refractivity contribution in [1.29, 1.82) is 5.26 Å². The van der Waals surface area contributed by atoms with Gasteiger partial charge in [-0.25, -0.2) is 4.39 Å². The lowest BCUT2D eigenvalue weighted by molar-refractivity contribution is 0.102. The number of rotatable bonds is 2. The Hall–Kier alpha value is -2.19. The number of hydrogen-bond donors (Lipinski definition) is 1. The molecular weight excluding hydrogens is 311 g/mol. The van der Waals surface area contributed by atoms with E-state index in [0.29, 0.717) is 16.8 Å². The summed E-state index contributed by atoms with van der Waals surface area (Å²) in [6.07, 6.45) is 0. The molecule has 0 aromatic heterocycles. The molecule has 0 spiro atoms. The van der Waals surface area contributed by atoms with Crippen LogP contribution in [0.15, 0.2) is 46.9 Å². The molecule has 2 rings (SSSR count). The number of anilines is 1. The average Bonchev–Trinajstić information content (AvgIpc) is 2.42. The predicted molar refractivity (Wildman–Crippen MR) is 73.2 cm³/mol. The van der Waals surface area contributed by atoms with Crippen LogP contribution in [0.3, 0.4) is 0 Å². The van der Waals surface area contributed by atoms with Crippen molar-refractivity contribution in [1.82, 2.24) is 0 Å². The third-order valence-corrected chi connectivity index (χ3v) is 3.06. The van der Waals surface area contributed by atoms with Crippen LogP contribution < -0.4 is 5.32 Å². The van der Waals surface area contributed by atoms with Crippen molar-refractivity contribution in [3.63, 3.8) is 0 Å². The first-order chi connectivity index (χ1) is 9.10. The summed E-state index contributed by atoms with van der Waals surface area (Å²) in [4.78, 5) is 11.9. The Labute approximate surface area is 117 Å². The van der Waals surface area contributed by atoms with Gasteiger partial charge in [0.2, 0.25) is 0 Å². The topological polar surface area (TPSA) is 52.9 Å². The highest BCUT2D eigenvalue weighted by Gasteiger charge is 2.08. The summed E-state index contributed by atoms with van der Waals surface area (Å²) in [5.41, 5.74) is 1.43. The molecule has 0 fully saturated rings. The molecule has 0 unspecified atom stereocenters. The molecule has 0 radical (unpaired) electrons. The molecule has 0 bridgehead atoms. The Kier molecular flexibility index (Phi) is 3.93. The van der Waals surface area contributed by atoms with Gasteiger partial charge in [0.25, 0.3) is 5.91 Å². The maximum atomic E-state index is 13.1. The van der Waals surface area contributed by atoms with Gasteiger partial charge in [-0.1, -0.05) is 0 Å². The minimum absolute atomic E-state index is 0.236. The van der Waals surface area contributed by atoms with E-state index < -0.39 is 5.82 Å². The second kappa shape index (κ2) is 5.63. The van der Waals surface area contributed by atoms with Crippen molar-refractivity contribution >= 4 is 27.5 Å². The van der Waals surface area contributed by atoms with Gasteiger partial charge in [0.1, 0.15) is 5.82 Å². The van der Waals surface area contributed by atoms with Crippen molar-refractivity contribution in [2.45, 2.75) is 0 Å². The van der Waals surface area contributed by atoms with Crippen molar-refractivity contribution in [3.05, 3.63) is 63.9 Å². The van der Waals surface area contributed by atoms with E-state index >= 15 is 0 Å². The molecule has 5 heteroatoms. The number of benzene rings is 2. The lowest BCUT2D eigenvalue weighted by Gasteiger charge is -2.06. The van der Waals surface area contributed by atoms with Gasteiger partial charge in [-0.3, -0.25) is 4.79 Å². The van der Waals surface area contributed by atoms with E-state index in [1.165, 1.54) is 18.2 Å². The van der Waals surface area contributed by atoms with E-state index in [1.807, 2.05) is 6.07 Å². The van der Waals surface area contributed by atoms with Gasteiger partial charge in [-0.05, 0) is 58.4 Å². The van der Waals surface area contributed by atoms with Crippen LogP contribution in [0.4, 0.5) is 10.1 Å². The van der Waals surface area contributed by atoms with E-state index in [-0.39, 0.29) is 10.4 Å². The smallest absolute Gasteiger partial charge is 0.255 e. The van der Waals surface area contributed by atoms with Gasteiger partial charge in [0, 0.05) is 11.3 Å². The summed E-state index contributed by atoms with van der Waals surface area (Å²) in [6, 6.07) is 12.5. The first-order valence-electron chi connectivity index (χ1n) is 5.37. The normalized spacial score (nSPS) is 9.74. The standard InChI is InChI=1S/C14H8BrFN2O/c15-12-7-10(3-6-13(12)16)14(19)18-11-4-1-9(8-17)2-5-11/h1-7H,(H,18,19). The molecule has 0 saturated heterocycles. The van der Waals surface area contributed by atoms with Crippen molar-refractivity contribution in [3.8, 4) is 6.07 Å².